The molecule has 25 heavy (non-hydrogen) atoms. The third kappa shape index (κ3) is 4.70. The maximum Gasteiger partial charge on any atom is 0.224 e. The Kier molecular flexibility index (Phi) is 5.46. The second-order valence-electron chi connectivity index (χ2n) is 5.73. The Bertz CT molecular complexity index is 835. The van der Waals surface area contributed by atoms with E-state index in [0.717, 1.165) is 30.2 Å². The van der Waals surface area contributed by atoms with Crippen molar-refractivity contribution in [1.82, 2.24) is 9.97 Å². The Balaban J connectivity index is 1.59. The van der Waals surface area contributed by atoms with Crippen molar-refractivity contribution in [2.24, 2.45) is 0 Å². The molecule has 2 aromatic carbocycles. The standard InChI is InChI=1S/C20H22N4O/c1-15-6-3-4-9-18(15)23-19-11-13-22-20(24-19)21-12-10-16-7-5-8-17(14-16)25-2/h3-9,11,13-14H,10,12H2,1-2H3,(H2,21,22,23,24). The van der Waals surface area contributed by atoms with E-state index in [4.69, 9.17) is 4.74 Å². The van der Waals surface area contributed by atoms with E-state index >= 15 is 0 Å². The molecule has 3 rings (SSSR count). The molecule has 0 unspecified atom stereocenters. The van der Waals surface area contributed by atoms with E-state index in [0.29, 0.717) is 5.95 Å². The highest BCUT2D eigenvalue weighted by atomic mass is 16.5. The average molecular weight is 334 g/mol. The van der Waals surface area contributed by atoms with Crippen molar-refractivity contribution < 1.29 is 4.74 Å². The van der Waals surface area contributed by atoms with Crippen LogP contribution in [0.25, 0.3) is 0 Å². The maximum absolute atomic E-state index is 5.25. The predicted octanol–water partition coefficient (Wildman–Crippen LogP) is 4.19. The van der Waals surface area contributed by atoms with E-state index in [9.17, 15) is 0 Å². The van der Waals surface area contributed by atoms with Gasteiger partial charge in [0.15, 0.2) is 0 Å². The van der Waals surface area contributed by atoms with Crippen molar-refractivity contribution >= 4 is 17.5 Å². The molecule has 1 heterocycles. The molecule has 0 fully saturated rings. The monoisotopic (exact) mass is 334 g/mol. The quantitative estimate of drug-likeness (QED) is 0.678. The third-order valence-corrected chi connectivity index (χ3v) is 3.89. The lowest BCUT2D eigenvalue weighted by Gasteiger charge is -2.10. The minimum atomic E-state index is 0.612. The maximum atomic E-state index is 5.25. The van der Waals surface area contributed by atoms with Gasteiger partial charge in [-0.05, 0) is 48.7 Å². The SMILES string of the molecule is COc1cccc(CCNc2nccc(Nc3ccccc3C)n2)c1. The highest BCUT2D eigenvalue weighted by Gasteiger charge is 2.02. The fourth-order valence-electron chi connectivity index (χ4n) is 2.51. The highest BCUT2D eigenvalue weighted by Crippen LogP contribution is 2.19. The van der Waals surface area contributed by atoms with Crippen molar-refractivity contribution in [2.45, 2.75) is 13.3 Å². The number of anilines is 3. The van der Waals surface area contributed by atoms with Gasteiger partial charge in [-0.25, -0.2) is 4.98 Å². The fourth-order valence-corrected chi connectivity index (χ4v) is 2.51. The van der Waals surface area contributed by atoms with Gasteiger partial charge in [-0.1, -0.05) is 30.3 Å². The fraction of sp³-hybridized carbons (Fsp3) is 0.200. The van der Waals surface area contributed by atoms with Crippen molar-refractivity contribution in [3.8, 4) is 5.75 Å². The lowest BCUT2D eigenvalue weighted by Crippen LogP contribution is -2.08. The smallest absolute Gasteiger partial charge is 0.224 e. The van der Waals surface area contributed by atoms with E-state index in [1.54, 1.807) is 13.3 Å². The Morgan fingerprint density at radius 3 is 2.76 bits per heavy atom. The number of nitrogens with zero attached hydrogens (tertiary/aromatic N) is 2. The molecule has 1 aromatic heterocycles. The van der Waals surface area contributed by atoms with Crippen LogP contribution in [0, 0.1) is 6.92 Å². The van der Waals surface area contributed by atoms with Crippen LogP contribution in [-0.4, -0.2) is 23.6 Å². The van der Waals surface area contributed by atoms with Crippen molar-refractivity contribution in [3.63, 3.8) is 0 Å². The van der Waals surface area contributed by atoms with Crippen molar-refractivity contribution in [2.75, 3.05) is 24.3 Å². The predicted molar refractivity (Wildman–Crippen MR) is 102 cm³/mol. The third-order valence-electron chi connectivity index (χ3n) is 3.89. The zero-order valence-corrected chi connectivity index (χ0v) is 14.5. The van der Waals surface area contributed by atoms with Crippen LogP contribution in [0.3, 0.4) is 0 Å². The molecule has 5 heteroatoms. The molecule has 128 valence electrons. The number of aromatic nitrogens is 2. The molecule has 3 aromatic rings. The number of hydrogen-bond donors (Lipinski definition) is 2. The molecule has 0 bridgehead atoms. The summed E-state index contributed by atoms with van der Waals surface area (Å²) in [6.45, 7) is 2.82. The van der Waals surface area contributed by atoms with E-state index in [-0.39, 0.29) is 0 Å². The molecule has 0 spiro atoms. The summed E-state index contributed by atoms with van der Waals surface area (Å²) in [4.78, 5) is 8.80. The summed E-state index contributed by atoms with van der Waals surface area (Å²) in [6, 6.07) is 18.1. The lowest BCUT2D eigenvalue weighted by molar-refractivity contribution is 0.414. The minimum Gasteiger partial charge on any atom is -0.497 e. The normalized spacial score (nSPS) is 10.3. The number of aryl methyl sites for hydroxylation is 1. The van der Waals surface area contributed by atoms with E-state index in [2.05, 4.69) is 39.7 Å². The summed E-state index contributed by atoms with van der Waals surface area (Å²) in [5.74, 6) is 2.26. The molecule has 0 aliphatic rings. The number of benzene rings is 2. The van der Waals surface area contributed by atoms with Gasteiger partial charge in [0.25, 0.3) is 0 Å². The first-order valence-corrected chi connectivity index (χ1v) is 8.27. The van der Waals surface area contributed by atoms with Gasteiger partial charge in [0.2, 0.25) is 5.95 Å². The van der Waals surface area contributed by atoms with Crippen LogP contribution < -0.4 is 15.4 Å². The Morgan fingerprint density at radius 1 is 1.04 bits per heavy atom. The number of nitrogens with one attached hydrogen (secondary N) is 2. The summed E-state index contributed by atoms with van der Waals surface area (Å²) in [6.07, 6.45) is 2.62. The van der Waals surface area contributed by atoms with Crippen LogP contribution in [0.4, 0.5) is 17.5 Å². The first-order chi connectivity index (χ1) is 12.2. The van der Waals surface area contributed by atoms with E-state index < -0.39 is 0 Å². The van der Waals surface area contributed by atoms with E-state index in [1.807, 2.05) is 42.5 Å². The van der Waals surface area contributed by atoms with Crippen molar-refractivity contribution in [3.05, 3.63) is 71.9 Å². The van der Waals surface area contributed by atoms with Crippen molar-refractivity contribution in [1.29, 1.82) is 0 Å². The Hall–Kier alpha value is -3.08. The second kappa shape index (κ2) is 8.15. The molecular formula is C20H22N4O. The topological polar surface area (TPSA) is 59.1 Å². The van der Waals surface area contributed by atoms with Crippen LogP contribution in [0.15, 0.2) is 60.8 Å². The summed E-state index contributed by atoms with van der Waals surface area (Å²) in [7, 11) is 1.68. The summed E-state index contributed by atoms with van der Waals surface area (Å²) in [5, 5.41) is 6.60. The van der Waals surface area contributed by atoms with Gasteiger partial charge in [0.05, 0.1) is 7.11 Å². The molecule has 0 saturated carbocycles. The van der Waals surface area contributed by atoms with Crippen LogP contribution in [0.5, 0.6) is 5.75 Å². The first kappa shape index (κ1) is 16.8. The molecule has 0 atom stereocenters. The van der Waals surface area contributed by atoms with Gasteiger partial charge in [-0.2, -0.15) is 4.98 Å². The molecule has 0 aliphatic carbocycles. The van der Waals surface area contributed by atoms with Gasteiger partial charge in [0, 0.05) is 18.4 Å². The zero-order valence-electron chi connectivity index (χ0n) is 14.5. The molecule has 0 aliphatic heterocycles. The second-order valence-corrected chi connectivity index (χ2v) is 5.73. The van der Waals surface area contributed by atoms with Gasteiger partial charge < -0.3 is 15.4 Å². The van der Waals surface area contributed by atoms with Gasteiger partial charge >= 0.3 is 0 Å². The largest absolute Gasteiger partial charge is 0.497 e. The zero-order chi connectivity index (χ0) is 17.5. The van der Waals surface area contributed by atoms with Crippen LogP contribution in [0.2, 0.25) is 0 Å². The van der Waals surface area contributed by atoms with Crippen LogP contribution in [-0.2, 0) is 6.42 Å². The van der Waals surface area contributed by atoms with Gasteiger partial charge in [-0.15, -0.1) is 0 Å². The minimum absolute atomic E-state index is 0.612. The Morgan fingerprint density at radius 2 is 1.92 bits per heavy atom. The van der Waals surface area contributed by atoms with Gasteiger partial charge in [0.1, 0.15) is 11.6 Å². The molecule has 5 nitrogen and oxygen atoms in total. The van der Waals surface area contributed by atoms with Crippen LogP contribution >= 0.6 is 0 Å². The molecular weight excluding hydrogens is 312 g/mol. The Labute approximate surface area is 148 Å². The number of hydrogen-bond acceptors (Lipinski definition) is 5. The molecule has 0 radical (unpaired) electrons. The van der Waals surface area contributed by atoms with Crippen LogP contribution in [0.1, 0.15) is 11.1 Å². The number of para-hydroxylation sites is 1. The molecule has 2 N–H and O–H groups in total. The molecule has 0 saturated heterocycles. The summed E-state index contributed by atoms with van der Waals surface area (Å²) in [5.41, 5.74) is 3.43. The first-order valence-electron chi connectivity index (χ1n) is 8.27. The lowest BCUT2D eigenvalue weighted by atomic mass is 10.1. The summed E-state index contributed by atoms with van der Waals surface area (Å²) >= 11 is 0. The van der Waals surface area contributed by atoms with E-state index in [1.165, 1.54) is 11.1 Å². The number of methoxy groups -OCH3 is 1. The summed E-state index contributed by atoms with van der Waals surface area (Å²) < 4.78 is 5.25. The number of ether oxygens (including phenoxy) is 1. The average Bonchev–Trinajstić information content (AvgIpc) is 2.64. The highest BCUT2D eigenvalue weighted by molar-refractivity contribution is 5.60. The molecule has 0 amide bonds. The van der Waals surface area contributed by atoms with Gasteiger partial charge in [-0.3, -0.25) is 0 Å². The number of rotatable bonds is 7.